The Labute approximate surface area is 117 Å². The van der Waals surface area contributed by atoms with Gasteiger partial charge in [0.25, 0.3) is 5.69 Å². The molecule has 0 aliphatic rings. The van der Waals surface area contributed by atoms with Gasteiger partial charge in [-0.2, -0.15) is 0 Å². The minimum absolute atomic E-state index is 0.0898. The summed E-state index contributed by atoms with van der Waals surface area (Å²) in [5.74, 6) is 0.469. The highest BCUT2D eigenvalue weighted by Crippen LogP contribution is 2.20. The molecule has 1 amide bonds. The Morgan fingerprint density at radius 3 is 2.65 bits per heavy atom. The van der Waals surface area contributed by atoms with Crippen LogP contribution >= 0.6 is 0 Å². The predicted molar refractivity (Wildman–Crippen MR) is 76.8 cm³/mol. The molecule has 0 spiro atoms. The summed E-state index contributed by atoms with van der Waals surface area (Å²) in [6.45, 7) is 4.22. The van der Waals surface area contributed by atoms with Gasteiger partial charge >= 0.3 is 0 Å². The van der Waals surface area contributed by atoms with E-state index in [4.69, 9.17) is 0 Å². The lowest BCUT2D eigenvalue weighted by Crippen LogP contribution is -2.38. The average molecular weight is 281 g/mol. The van der Waals surface area contributed by atoms with Crippen molar-refractivity contribution in [3.8, 4) is 0 Å². The summed E-state index contributed by atoms with van der Waals surface area (Å²) in [6, 6.07) is 2.10. The van der Waals surface area contributed by atoms with E-state index in [1.165, 1.54) is 12.1 Å². The van der Waals surface area contributed by atoms with Crippen molar-refractivity contribution in [2.24, 2.45) is 0 Å². The van der Waals surface area contributed by atoms with Crippen molar-refractivity contribution in [3.05, 3.63) is 22.2 Å². The van der Waals surface area contributed by atoms with E-state index in [1.54, 1.807) is 14.0 Å². The van der Waals surface area contributed by atoms with Crippen molar-refractivity contribution in [1.29, 1.82) is 0 Å². The van der Waals surface area contributed by atoms with E-state index in [9.17, 15) is 14.9 Å². The Bertz CT molecular complexity index is 492. The van der Waals surface area contributed by atoms with Crippen LogP contribution in [0.1, 0.15) is 20.3 Å². The van der Waals surface area contributed by atoms with Crippen LogP contribution in [0.5, 0.6) is 0 Å². The molecule has 0 saturated heterocycles. The molecule has 110 valence electrons. The normalized spacial score (nSPS) is 11.6. The fourth-order valence-corrected chi connectivity index (χ4v) is 1.51. The number of carbonyl (C=O) groups excluding carboxylic acids is 1. The Kier molecular flexibility index (Phi) is 5.70. The maximum atomic E-state index is 11.7. The Morgan fingerprint density at radius 2 is 2.10 bits per heavy atom. The number of nitrogens with one attached hydrogen (secondary N) is 3. The molecular formula is C12H19N5O3. The first-order chi connectivity index (χ1) is 9.47. The molecule has 0 aliphatic carbocycles. The zero-order valence-corrected chi connectivity index (χ0v) is 11.8. The minimum Gasteiger partial charge on any atom is -0.373 e. The largest absolute Gasteiger partial charge is 0.373 e. The molecule has 0 bridgehead atoms. The number of amides is 1. The Hall–Kier alpha value is -2.38. The van der Waals surface area contributed by atoms with E-state index in [0.717, 1.165) is 6.42 Å². The van der Waals surface area contributed by atoms with Crippen molar-refractivity contribution in [3.63, 3.8) is 0 Å². The van der Waals surface area contributed by atoms with Gasteiger partial charge < -0.3 is 16.0 Å². The molecule has 1 atom stereocenters. The summed E-state index contributed by atoms with van der Waals surface area (Å²) < 4.78 is 0. The van der Waals surface area contributed by atoms with E-state index in [2.05, 4.69) is 20.9 Å². The van der Waals surface area contributed by atoms with E-state index in [1.807, 2.05) is 6.92 Å². The molecule has 1 aromatic heterocycles. The van der Waals surface area contributed by atoms with Gasteiger partial charge in [-0.3, -0.25) is 14.9 Å². The molecule has 1 aromatic rings. The maximum Gasteiger partial charge on any atom is 0.276 e. The van der Waals surface area contributed by atoms with Crippen molar-refractivity contribution in [2.75, 3.05) is 24.2 Å². The molecule has 20 heavy (non-hydrogen) atoms. The van der Waals surface area contributed by atoms with Gasteiger partial charge in [-0.1, -0.05) is 6.92 Å². The van der Waals surface area contributed by atoms with Crippen LogP contribution in [0.2, 0.25) is 0 Å². The first kappa shape index (κ1) is 15.7. The van der Waals surface area contributed by atoms with Crippen LogP contribution in [0.15, 0.2) is 12.1 Å². The van der Waals surface area contributed by atoms with Crippen LogP contribution in [-0.4, -0.2) is 35.4 Å². The van der Waals surface area contributed by atoms with Gasteiger partial charge in [-0.05, 0) is 13.3 Å². The number of pyridine rings is 1. The van der Waals surface area contributed by atoms with Crippen LogP contribution in [0.3, 0.4) is 0 Å². The topological polar surface area (TPSA) is 109 Å². The van der Waals surface area contributed by atoms with Crippen molar-refractivity contribution < 1.29 is 9.72 Å². The van der Waals surface area contributed by atoms with Crippen molar-refractivity contribution in [2.45, 2.75) is 26.3 Å². The number of anilines is 2. The highest BCUT2D eigenvalue weighted by atomic mass is 16.6. The van der Waals surface area contributed by atoms with Crippen LogP contribution in [0, 0.1) is 10.1 Å². The number of nitrogens with zero attached hydrogens (tertiary/aromatic N) is 2. The standard InChI is InChI=1S/C12H19N5O3/c1-4-5-14-12(18)8(2)15-11-7-9(17(19)20)6-10(13-3)16-11/h6-8H,4-5H2,1-3H3,(H,14,18)(H2,13,15,16). The smallest absolute Gasteiger partial charge is 0.276 e. The molecular weight excluding hydrogens is 262 g/mol. The van der Waals surface area contributed by atoms with Gasteiger partial charge in [0.1, 0.15) is 17.7 Å². The minimum atomic E-state index is -0.527. The monoisotopic (exact) mass is 281 g/mol. The predicted octanol–water partition coefficient (Wildman–Crippen LogP) is 1.36. The summed E-state index contributed by atoms with van der Waals surface area (Å²) in [5, 5.41) is 19.2. The second-order valence-corrected chi connectivity index (χ2v) is 4.26. The zero-order chi connectivity index (χ0) is 15.1. The van der Waals surface area contributed by atoms with Gasteiger partial charge in [0.15, 0.2) is 0 Å². The first-order valence-corrected chi connectivity index (χ1v) is 6.36. The highest BCUT2D eigenvalue weighted by Gasteiger charge is 2.15. The lowest BCUT2D eigenvalue weighted by molar-refractivity contribution is -0.384. The summed E-state index contributed by atoms with van der Waals surface area (Å²) in [7, 11) is 1.62. The molecule has 3 N–H and O–H groups in total. The molecule has 8 nitrogen and oxygen atoms in total. The van der Waals surface area contributed by atoms with E-state index < -0.39 is 11.0 Å². The number of aromatic nitrogens is 1. The molecule has 0 fully saturated rings. The molecule has 8 heteroatoms. The Morgan fingerprint density at radius 1 is 1.45 bits per heavy atom. The summed E-state index contributed by atoms with van der Waals surface area (Å²) in [6.07, 6.45) is 0.845. The second kappa shape index (κ2) is 7.27. The maximum absolute atomic E-state index is 11.7. The van der Waals surface area contributed by atoms with E-state index in [0.29, 0.717) is 12.4 Å². The molecule has 0 saturated carbocycles. The lowest BCUT2D eigenvalue weighted by Gasteiger charge is -2.14. The van der Waals surface area contributed by atoms with Gasteiger partial charge in [-0.25, -0.2) is 4.98 Å². The molecule has 1 rings (SSSR count). The fraction of sp³-hybridized carbons (Fsp3) is 0.500. The molecule has 0 radical (unpaired) electrons. The van der Waals surface area contributed by atoms with Crippen LogP contribution in [-0.2, 0) is 4.79 Å². The third-order valence-corrected chi connectivity index (χ3v) is 2.58. The second-order valence-electron chi connectivity index (χ2n) is 4.26. The zero-order valence-electron chi connectivity index (χ0n) is 11.8. The summed E-state index contributed by atoms with van der Waals surface area (Å²) in [5.41, 5.74) is -0.0898. The van der Waals surface area contributed by atoms with Gasteiger partial charge in [0.05, 0.1) is 17.1 Å². The summed E-state index contributed by atoms with van der Waals surface area (Å²) in [4.78, 5) is 26.2. The molecule has 0 aromatic carbocycles. The summed E-state index contributed by atoms with van der Waals surface area (Å²) >= 11 is 0. The number of hydrogen-bond acceptors (Lipinski definition) is 6. The Balaban J connectivity index is 2.83. The van der Waals surface area contributed by atoms with Crippen molar-refractivity contribution in [1.82, 2.24) is 10.3 Å². The van der Waals surface area contributed by atoms with Gasteiger partial charge in [-0.15, -0.1) is 0 Å². The van der Waals surface area contributed by atoms with Crippen molar-refractivity contribution >= 4 is 23.2 Å². The van der Waals surface area contributed by atoms with Crippen LogP contribution < -0.4 is 16.0 Å². The van der Waals surface area contributed by atoms with E-state index >= 15 is 0 Å². The fourth-order valence-electron chi connectivity index (χ4n) is 1.51. The third kappa shape index (κ3) is 4.38. The first-order valence-electron chi connectivity index (χ1n) is 6.36. The number of rotatable bonds is 7. The third-order valence-electron chi connectivity index (χ3n) is 2.58. The van der Waals surface area contributed by atoms with Crippen LogP contribution in [0.25, 0.3) is 0 Å². The number of carbonyl (C=O) groups is 1. The molecule has 1 unspecified atom stereocenters. The quantitative estimate of drug-likeness (QED) is 0.514. The van der Waals surface area contributed by atoms with Gasteiger partial charge in [0.2, 0.25) is 5.91 Å². The molecule has 1 heterocycles. The lowest BCUT2D eigenvalue weighted by atomic mass is 10.3. The SMILES string of the molecule is CCCNC(=O)C(C)Nc1cc([N+](=O)[O-])cc(NC)n1. The van der Waals surface area contributed by atoms with E-state index in [-0.39, 0.29) is 17.4 Å². The van der Waals surface area contributed by atoms with Crippen LogP contribution in [0.4, 0.5) is 17.3 Å². The molecule has 0 aliphatic heterocycles. The average Bonchev–Trinajstić information content (AvgIpc) is 2.43. The number of hydrogen-bond donors (Lipinski definition) is 3. The van der Waals surface area contributed by atoms with Gasteiger partial charge in [0, 0.05) is 13.6 Å². The number of nitro groups is 1. The highest BCUT2D eigenvalue weighted by molar-refractivity contribution is 5.84.